The molecule has 4 nitrogen and oxygen atoms in total. The first-order chi connectivity index (χ1) is 12.6. The van der Waals surface area contributed by atoms with Crippen LogP contribution in [0.5, 0.6) is 5.75 Å². The van der Waals surface area contributed by atoms with Crippen LogP contribution in [0.1, 0.15) is 26.3 Å². The van der Waals surface area contributed by atoms with Crippen molar-refractivity contribution in [3.8, 4) is 5.75 Å². The summed E-state index contributed by atoms with van der Waals surface area (Å²) in [5.41, 5.74) is 2.55. The van der Waals surface area contributed by atoms with Crippen LogP contribution in [0.25, 0.3) is 10.8 Å². The van der Waals surface area contributed by atoms with E-state index in [9.17, 15) is 0 Å². The number of pyridine rings is 1. The van der Waals surface area contributed by atoms with Crippen molar-refractivity contribution in [1.82, 2.24) is 4.98 Å². The lowest BCUT2D eigenvalue weighted by atomic mass is 9.77. The molecule has 2 aromatic carbocycles. The fourth-order valence-corrected chi connectivity index (χ4v) is 4.46. The summed E-state index contributed by atoms with van der Waals surface area (Å²) in [5.74, 6) is 0.825. The number of aromatic nitrogens is 1. The molecule has 0 aliphatic carbocycles. The quantitative estimate of drug-likeness (QED) is 0.634. The molecule has 1 aromatic heterocycles. The van der Waals surface area contributed by atoms with Gasteiger partial charge in [0.2, 0.25) is 5.72 Å². The number of fused-ring (bicyclic) bond motifs is 4. The number of hydrogen-bond donors (Lipinski definition) is 0. The summed E-state index contributed by atoms with van der Waals surface area (Å²) in [7, 11) is 0. The minimum absolute atomic E-state index is 0.228. The Bertz CT molecular complexity index is 1060. The summed E-state index contributed by atoms with van der Waals surface area (Å²) in [6.07, 6.45) is 5.66. The predicted molar refractivity (Wildman–Crippen MR) is 106 cm³/mol. The van der Waals surface area contributed by atoms with Gasteiger partial charge in [-0.25, -0.2) is 0 Å². The van der Waals surface area contributed by atoms with E-state index in [0.29, 0.717) is 0 Å². The number of anilines is 1. The molecule has 26 heavy (non-hydrogen) atoms. The van der Waals surface area contributed by atoms with E-state index in [1.165, 1.54) is 11.3 Å². The third-order valence-electron chi connectivity index (χ3n) is 5.87. The van der Waals surface area contributed by atoms with Gasteiger partial charge < -0.3 is 9.64 Å². The number of para-hydroxylation sites is 1. The van der Waals surface area contributed by atoms with Gasteiger partial charge in [0.1, 0.15) is 11.4 Å². The molecule has 1 unspecified atom stereocenters. The van der Waals surface area contributed by atoms with Crippen molar-refractivity contribution in [3.05, 3.63) is 60.4 Å². The highest BCUT2D eigenvalue weighted by molar-refractivity contribution is 5.99. The van der Waals surface area contributed by atoms with Crippen molar-refractivity contribution in [2.45, 2.75) is 31.9 Å². The molecule has 3 aromatic rings. The molecule has 0 saturated heterocycles. The largest absolute Gasteiger partial charge is 0.459 e. The summed E-state index contributed by atoms with van der Waals surface area (Å²) < 4.78 is 6.75. The third-order valence-corrected chi connectivity index (χ3v) is 5.87. The van der Waals surface area contributed by atoms with E-state index in [0.717, 1.165) is 28.8 Å². The van der Waals surface area contributed by atoms with Crippen LogP contribution in [0.3, 0.4) is 0 Å². The minimum atomic E-state index is -0.626. The highest BCUT2D eigenvalue weighted by Gasteiger charge is 2.59. The second-order valence-corrected chi connectivity index (χ2v) is 7.45. The van der Waals surface area contributed by atoms with Crippen LogP contribution in [0.2, 0.25) is 0 Å². The summed E-state index contributed by atoms with van der Waals surface area (Å²) in [6, 6.07) is 14.6. The number of rotatable bonds is 1. The number of likely N-dealkylation sites (N-methyl/N-ethyl adjacent to an activating group) is 1. The first-order valence-electron chi connectivity index (χ1n) is 9.06. The van der Waals surface area contributed by atoms with Crippen LogP contribution in [-0.2, 0) is 5.41 Å². The van der Waals surface area contributed by atoms with Gasteiger partial charge in [0.15, 0.2) is 0 Å². The lowest BCUT2D eigenvalue weighted by Gasteiger charge is -2.46. The van der Waals surface area contributed by atoms with E-state index in [1.54, 1.807) is 6.20 Å². The number of benzene rings is 2. The van der Waals surface area contributed by atoms with Crippen molar-refractivity contribution in [1.29, 1.82) is 0 Å². The summed E-state index contributed by atoms with van der Waals surface area (Å²) in [5, 5.41) is 2.14. The topological polar surface area (TPSA) is 37.7 Å². The van der Waals surface area contributed by atoms with E-state index in [1.807, 2.05) is 24.5 Å². The molecule has 5 rings (SSSR count). The van der Waals surface area contributed by atoms with Gasteiger partial charge >= 0.3 is 0 Å². The molecule has 0 fully saturated rings. The summed E-state index contributed by atoms with van der Waals surface area (Å²) in [4.78, 5) is 11.4. The van der Waals surface area contributed by atoms with Crippen molar-refractivity contribution < 1.29 is 4.74 Å². The molecule has 2 aliphatic rings. The Kier molecular flexibility index (Phi) is 3.00. The van der Waals surface area contributed by atoms with Gasteiger partial charge in [-0.15, -0.1) is 0 Å². The van der Waals surface area contributed by atoms with Gasteiger partial charge in [-0.1, -0.05) is 18.2 Å². The second kappa shape index (κ2) is 5.07. The normalized spacial score (nSPS) is 22.3. The Morgan fingerprint density at radius 1 is 1.08 bits per heavy atom. The molecular weight excluding hydrogens is 322 g/mol. The van der Waals surface area contributed by atoms with Gasteiger partial charge in [-0.05, 0) is 50.6 Å². The summed E-state index contributed by atoms with van der Waals surface area (Å²) in [6.45, 7) is 7.49. The third kappa shape index (κ3) is 1.74. The van der Waals surface area contributed by atoms with Crippen LogP contribution in [0.4, 0.5) is 11.4 Å². The van der Waals surface area contributed by atoms with Crippen molar-refractivity contribution in [2.75, 3.05) is 11.4 Å². The fraction of sp³-hybridized carbons (Fsp3) is 0.273. The van der Waals surface area contributed by atoms with E-state index in [2.05, 4.69) is 61.0 Å². The molecule has 0 N–H and O–H groups in total. The average Bonchev–Trinajstić information content (AvgIpc) is 2.85. The fourth-order valence-electron chi connectivity index (χ4n) is 4.46. The number of hydrogen-bond acceptors (Lipinski definition) is 4. The van der Waals surface area contributed by atoms with Gasteiger partial charge in [0, 0.05) is 35.4 Å². The highest BCUT2D eigenvalue weighted by Crippen LogP contribution is 2.54. The molecule has 4 heteroatoms. The zero-order valence-electron chi connectivity index (χ0n) is 15.2. The van der Waals surface area contributed by atoms with Gasteiger partial charge in [0.05, 0.1) is 11.6 Å². The SMILES string of the molecule is CCN1c2ccccc2C(C)(C)C12C=Nc1c(ccc3cnccc13)O2. The number of ether oxygens (including phenoxy) is 1. The Balaban J connectivity index is 1.73. The van der Waals surface area contributed by atoms with Crippen molar-refractivity contribution >= 4 is 28.4 Å². The lowest BCUT2D eigenvalue weighted by molar-refractivity contribution is 0.0788. The zero-order chi connectivity index (χ0) is 17.9. The molecule has 1 atom stereocenters. The highest BCUT2D eigenvalue weighted by atomic mass is 16.5. The van der Waals surface area contributed by atoms with Gasteiger partial charge in [-0.2, -0.15) is 0 Å². The molecule has 0 saturated carbocycles. The average molecular weight is 343 g/mol. The maximum atomic E-state index is 6.75. The van der Waals surface area contributed by atoms with Crippen LogP contribution < -0.4 is 9.64 Å². The van der Waals surface area contributed by atoms with Crippen molar-refractivity contribution in [3.63, 3.8) is 0 Å². The lowest BCUT2D eigenvalue weighted by Crippen LogP contribution is -2.62. The molecule has 3 heterocycles. The molecule has 0 radical (unpaired) electrons. The molecular formula is C22H21N3O. The van der Waals surface area contributed by atoms with Crippen LogP contribution >= 0.6 is 0 Å². The Labute approximate surface area is 153 Å². The van der Waals surface area contributed by atoms with E-state index in [4.69, 9.17) is 9.73 Å². The number of nitrogens with zero attached hydrogens (tertiary/aromatic N) is 3. The Morgan fingerprint density at radius 2 is 1.92 bits per heavy atom. The van der Waals surface area contributed by atoms with Crippen molar-refractivity contribution in [2.24, 2.45) is 4.99 Å². The minimum Gasteiger partial charge on any atom is -0.459 e. The van der Waals surface area contributed by atoms with E-state index < -0.39 is 5.72 Å². The monoisotopic (exact) mass is 343 g/mol. The molecule has 2 aliphatic heterocycles. The van der Waals surface area contributed by atoms with E-state index in [-0.39, 0.29) is 5.41 Å². The van der Waals surface area contributed by atoms with E-state index >= 15 is 0 Å². The maximum Gasteiger partial charge on any atom is 0.228 e. The first kappa shape index (κ1) is 15.4. The first-order valence-corrected chi connectivity index (χ1v) is 9.06. The zero-order valence-corrected chi connectivity index (χ0v) is 15.2. The van der Waals surface area contributed by atoms with Gasteiger partial charge in [-0.3, -0.25) is 9.98 Å². The predicted octanol–water partition coefficient (Wildman–Crippen LogP) is 4.84. The molecule has 0 amide bonds. The second-order valence-electron chi connectivity index (χ2n) is 7.45. The summed E-state index contributed by atoms with van der Waals surface area (Å²) >= 11 is 0. The number of aliphatic imine (C=N–C) groups is 1. The maximum absolute atomic E-state index is 6.75. The van der Waals surface area contributed by atoms with Crippen LogP contribution in [-0.4, -0.2) is 23.5 Å². The standard InChI is InChI=1S/C22H21N3O/c1-4-25-18-8-6-5-7-17(18)21(2,3)22(25)14-24-20-16-11-12-23-13-15(16)9-10-19(20)26-22/h5-14H,4H2,1-3H3. The van der Waals surface area contributed by atoms with Gasteiger partial charge in [0.25, 0.3) is 0 Å². The smallest absolute Gasteiger partial charge is 0.228 e. The Morgan fingerprint density at radius 3 is 2.77 bits per heavy atom. The van der Waals surface area contributed by atoms with Crippen LogP contribution in [0.15, 0.2) is 59.9 Å². The molecule has 0 bridgehead atoms. The van der Waals surface area contributed by atoms with Crippen LogP contribution in [0, 0.1) is 0 Å². The Hall–Kier alpha value is -2.88. The molecule has 130 valence electrons. The molecule has 1 spiro atoms.